The van der Waals surface area contributed by atoms with E-state index in [4.69, 9.17) is 4.74 Å². The summed E-state index contributed by atoms with van der Waals surface area (Å²) in [6, 6.07) is 8.96. The number of ether oxygens (including phenoxy) is 1. The quantitative estimate of drug-likeness (QED) is 0.854. The summed E-state index contributed by atoms with van der Waals surface area (Å²) in [5, 5.41) is 8.26. The summed E-state index contributed by atoms with van der Waals surface area (Å²) >= 11 is 0. The van der Waals surface area contributed by atoms with E-state index < -0.39 is 0 Å². The van der Waals surface area contributed by atoms with Gasteiger partial charge in [-0.2, -0.15) is 0 Å². The van der Waals surface area contributed by atoms with Crippen LogP contribution in [-0.4, -0.2) is 32.8 Å². The van der Waals surface area contributed by atoms with E-state index in [1.165, 1.54) is 11.1 Å². The molecule has 22 heavy (non-hydrogen) atoms. The third-order valence-corrected chi connectivity index (χ3v) is 5.29. The molecule has 0 amide bonds. The second-order valence-corrected chi connectivity index (χ2v) is 6.45. The smallest absolute Gasteiger partial charge is 0.149 e. The first-order valence-electron chi connectivity index (χ1n) is 8.00. The molecule has 5 heteroatoms. The monoisotopic (exact) mass is 298 g/mol. The lowest BCUT2D eigenvalue weighted by Crippen LogP contribution is -2.43. The van der Waals surface area contributed by atoms with Gasteiger partial charge in [-0.05, 0) is 30.9 Å². The Morgan fingerprint density at radius 1 is 1.23 bits per heavy atom. The highest BCUT2D eigenvalue weighted by atomic mass is 16.5. The molecule has 0 N–H and O–H groups in total. The van der Waals surface area contributed by atoms with E-state index in [0.717, 1.165) is 38.4 Å². The van der Waals surface area contributed by atoms with Gasteiger partial charge in [-0.1, -0.05) is 24.3 Å². The summed E-state index contributed by atoms with van der Waals surface area (Å²) < 4.78 is 8.24. The highest BCUT2D eigenvalue weighted by Gasteiger charge is 2.43. The Hall–Kier alpha value is -1.72. The molecule has 0 radical (unpaired) electrons. The van der Waals surface area contributed by atoms with Crippen LogP contribution in [0.1, 0.15) is 42.8 Å². The van der Waals surface area contributed by atoms with E-state index in [-0.39, 0.29) is 5.60 Å². The molecule has 4 rings (SSSR count). The van der Waals surface area contributed by atoms with Gasteiger partial charge in [0, 0.05) is 20.1 Å². The second-order valence-electron chi connectivity index (χ2n) is 6.45. The Morgan fingerprint density at radius 2 is 2.00 bits per heavy atom. The largest absolute Gasteiger partial charge is 0.365 e. The van der Waals surface area contributed by atoms with Crippen molar-refractivity contribution in [2.24, 2.45) is 7.05 Å². The van der Waals surface area contributed by atoms with E-state index in [1.807, 2.05) is 11.6 Å². The molecule has 1 atom stereocenters. The lowest BCUT2D eigenvalue weighted by atomic mass is 9.83. The SMILES string of the molecule is CC(c1nncn1C)N1CCC2(CC1)OCc1ccccc12. The van der Waals surface area contributed by atoms with Gasteiger partial charge in [-0.25, -0.2) is 0 Å². The highest BCUT2D eigenvalue weighted by Crippen LogP contribution is 2.44. The highest BCUT2D eigenvalue weighted by molar-refractivity contribution is 5.35. The van der Waals surface area contributed by atoms with Crippen LogP contribution in [-0.2, 0) is 24.0 Å². The number of hydrogen-bond acceptors (Lipinski definition) is 4. The number of rotatable bonds is 2. The van der Waals surface area contributed by atoms with Crippen molar-refractivity contribution in [1.82, 2.24) is 19.7 Å². The van der Waals surface area contributed by atoms with Crippen molar-refractivity contribution in [3.05, 3.63) is 47.5 Å². The number of fused-ring (bicyclic) bond motifs is 2. The van der Waals surface area contributed by atoms with E-state index in [0.29, 0.717) is 6.04 Å². The molecular weight excluding hydrogens is 276 g/mol. The van der Waals surface area contributed by atoms with E-state index in [2.05, 4.69) is 46.3 Å². The molecule has 5 nitrogen and oxygen atoms in total. The van der Waals surface area contributed by atoms with Gasteiger partial charge in [-0.15, -0.1) is 10.2 Å². The minimum atomic E-state index is -0.0628. The van der Waals surface area contributed by atoms with Crippen molar-refractivity contribution in [3.8, 4) is 0 Å². The molecule has 2 aliphatic rings. The van der Waals surface area contributed by atoms with Gasteiger partial charge < -0.3 is 9.30 Å². The molecule has 2 aromatic rings. The van der Waals surface area contributed by atoms with E-state index in [9.17, 15) is 0 Å². The minimum absolute atomic E-state index is 0.0628. The first-order chi connectivity index (χ1) is 10.7. The van der Waals surface area contributed by atoms with Crippen molar-refractivity contribution in [3.63, 3.8) is 0 Å². The number of nitrogens with zero attached hydrogens (tertiary/aromatic N) is 4. The third-order valence-electron chi connectivity index (χ3n) is 5.29. The molecular formula is C17H22N4O. The fourth-order valence-electron chi connectivity index (χ4n) is 3.90. The molecule has 1 aromatic heterocycles. The molecule has 0 bridgehead atoms. The predicted octanol–water partition coefficient (Wildman–Crippen LogP) is 2.40. The van der Waals surface area contributed by atoms with Crippen LogP contribution >= 0.6 is 0 Å². The summed E-state index contributed by atoms with van der Waals surface area (Å²) in [6.07, 6.45) is 3.87. The van der Waals surface area contributed by atoms with Crippen molar-refractivity contribution in [2.45, 2.75) is 38.0 Å². The first kappa shape index (κ1) is 13.9. The summed E-state index contributed by atoms with van der Waals surface area (Å²) in [5.74, 6) is 1.03. The normalized spacial score (nSPS) is 21.9. The minimum Gasteiger partial charge on any atom is -0.365 e. The van der Waals surface area contributed by atoms with Crippen LogP contribution in [0.25, 0.3) is 0 Å². The number of aromatic nitrogens is 3. The third kappa shape index (κ3) is 2.08. The standard InChI is InChI=1S/C17H22N4O/c1-13(16-19-18-12-20(16)2)21-9-7-17(8-10-21)15-6-4-3-5-14(15)11-22-17/h3-6,12-13H,7-11H2,1-2H3. The Morgan fingerprint density at radius 3 is 2.73 bits per heavy atom. The van der Waals surface area contributed by atoms with Crippen LogP contribution in [0.2, 0.25) is 0 Å². The van der Waals surface area contributed by atoms with E-state index in [1.54, 1.807) is 6.33 Å². The van der Waals surface area contributed by atoms with Crippen LogP contribution in [0.3, 0.4) is 0 Å². The lowest BCUT2D eigenvalue weighted by molar-refractivity contribution is -0.0842. The summed E-state index contributed by atoms with van der Waals surface area (Å²) in [6.45, 7) is 5.03. The van der Waals surface area contributed by atoms with Crippen LogP contribution in [0, 0.1) is 0 Å². The molecule has 1 aromatic carbocycles. The first-order valence-corrected chi connectivity index (χ1v) is 8.00. The topological polar surface area (TPSA) is 43.2 Å². The van der Waals surface area contributed by atoms with Gasteiger partial charge in [-0.3, -0.25) is 4.90 Å². The summed E-state index contributed by atoms with van der Waals surface area (Å²) in [7, 11) is 2.01. The lowest BCUT2D eigenvalue weighted by Gasteiger charge is -2.41. The summed E-state index contributed by atoms with van der Waals surface area (Å²) in [4.78, 5) is 2.49. The molecule has 2 aliphatic heterocycles. The zero-order valence-corrected chi connectivity index (χ0v) is 13.2. The molecule has 116 valence electrons. The zero-order chi connectivity index (χ0) is 15.2. The van der Waals surface area contributed by atoms with Gasteiger partial charge in [0.1, 0.15) is 12.2 Å². The number of likely N-dealkylation sites (tertiary alicyclic amines) is 1. The van der Waals surface area contributed by atoms with Crippen LogP contribution < -0.4 is 0 Å². The van der Waals surface area contributed by atoms with Crippen molar-refractivity contribution in [2.75, 3.05) is 13.1 Å². The Kier molecular flexibility index (Phi) is 3.27. The second kappa shape index (κ2) is 5.18. The Labute approximate surface area is 130 Å². The van der Waals surface area contributed by atoms with Crippen LogP contribution in [0.5, 0.6) is 0 Å². The van der Waals surface area contributed by atoms with Gasteiger partial charge >= 0.3 is 0 Å². The fraction of sp³-hybridized carbons (Fsp3) is 0.529. The Bertz CT molecular complexity index is 673. The van der Waals surface area contributed by atoms with Crippen molar-refractivity contribution < 1.29 is 4.74 Å². The molecule has 0 saturated carbocycles. The van der Waals surface area contributed by atoms with Crippen LogP contribution in [0.4, 0.5) is 0 Å². The van der Waals surface area contributed by atoms with Gasteiger partial charge in [0.25, 0.3) is 0 Å². The van der Waals surface area contributed by atoms with E-state index >= 15 is 0 Å². The number of aryl methyl sites for hydroxylation is 1. The van der Waals surface area contributed by atoms with Crippen LogP contribution in [0.15, 0.2) is 30.6 Å². The van der Waals surface area contributed by atoms with Crippen molar-refractivity contribution in [1.29, 1.82) is 0 Å². The summed E-state index contributed by atoms with van der Waals surface area (Å²) in [5.41, 5.74) is 2.70. The molecule has 1 saturated heterocycles. The molecule has 1 fully saturated rings. The predicted molar refractivity (Wildman–Crippen MR) is 83.1 cm³/mol. The maximum atomic E-state index is 6.23. The van der Waals surface area contributed by atoms with Crippen molar-refractivity contribution >= 4 is 0 Å². The van der Waals surface area contributed by atoms with Gasteiger partial charge in [0.05, 0.1) is 18.2 Å². The number of benzene rings is 1. The maximum Gasteiger partial charge on any atom is 0.149 e. The molecule has 1 spiro atoms. The zero-order valence-electron chi connectivity index (χ0n) is 13.2. The van der Waals surface area contributed by atoms with Gasteiger partial charge in [0.15, 0.2) is 0 Å². The average molecular weight is 298 g/mol. The maximum absolute atomic E-state index is 6.23. The molecule has 1 unspecified atom stereocenters. The molecule has 0 aliphatic carbocycles. The Balaban J connectivity index is 1.51. The fourth-order valence-corrected chi connectivity index (χ4v) is 3.90. The van der Waals surface area contributed by atoms with Gasteiger partial charge in [0.2, 0.25) is 0 Å². The average Bonchev–Trinajstić information content (AvgIpc) is 3.13. The number of piperidine rings is 1. The number of hydrogen-bond donors (Lipinski definition) is 0. The molecule has 3 heterocycles.